The molecule has 0 unspecified atom stereocenters. The van der Waals surface area contributed by atoms with Gasteiger partial charge in [-0.3, -0.25) is 15.0 Å². The highest BCUT2D eigenvalue weighted by atomic mass is 15.2. The number of imidazole rings is 1. The monoisotopic (exact) mass is 479 g/mol. The van der Waals surface area contributed by atoms with Crippen molar-refractivity contribution in [2.45, 2.75) is 38.6 Å². The van der Waals surface area contributed by atoms with Crippen LogP contribution in [0.4, 0.5) is 5.69 Å². The molecule has 36 heavy (non-hydrogen) atoms. The van der Waals surface area contributed by atoms with Gasteiger partial charge < -0.3 is 9.88 Å². The molecule has 2 aliphatic rings. The number of hydrogen-bond acceptors (Lipinski definition) is 7. The van der Waals surface area contributed by atoms with E-state index in [1.807, 2.05) is 30.7 Å². The first kappa shape index (κ1) is 21.4. The lowest BCUT2D eigenvalue weighted by molar-refractivity contribution is 0.331. The number of piperidine rings is 1. The Bertz CT molecular complexity index is 1520. The van der Waals surface area contributed by atoms with Crippen molar-refractivity contribution in [1.29, 1.82) is 0 Å². The predicted octanol–water partition coefficient (Wildman–Crippen LogP) is 4.54. The van der Waals surface area contributed by atoms with Crippen LogP contribution in [0.1, 0.15) is 37.7 Å². The first-order valence-electron chi connectivity index (χ1n) is 12.9. The Morgan fingerprint density at radius 3 is 2.64 bits per heavy atom. The van der Waals surface area contributed by atoms with E-state index in [4.69, 9.17) is 9.97 Å². The summed E-state index contributed by atoms with van der Waals surface area (Å²) in [6.07, 6.45) is 12.0. The van der Waals surface area contributed by atoms with Gasteiger partial charge in [0.25, 0.3) is 0 Å². The van der Waals surface area contributed by atoms with Crippen molar-refractivity contribution in [1.82, 2.24) is 40.0 Å². The summed E-state index contributed by atoms with van der Waals surface area (Å²) in [5, 5.41) is 7.70. The third-order valence-corrected chi connectivity index (χ3v) is 7.39. The van der Waals surface area contributed by atoms with Crippen LogP contribution in [0.25, 0.3) is 45.0 Å². The van der Waals surface area contributed by atoms with Crippen LogP contribution in [0, 0.1) is 0 Å². The van der Waals surface area contributed by atoms with E-state index in [0.29, 0.717) is 17.2 Å². The van der Waals surface area contributed by atoms with Gasteiger partial charge >= 0.3 is 0 Å². The second kappa shape index (κ2) is 8.98. The number of rotatable bonds is 5. The summed E-state index contributed by atoms with van der Waals surface area (Å²) >= 11 is 0. The minimum Gasteiger partial charge on any atom is -0.370 e. The van der Waals surface area contributed by atoms with Crippen LogP contribution >= 0.6 is 0 Å². The van der Waals surface area contributed by atoms with E-state index in [-0.39, 0.29) is 0 Å². The largest absolute Gasteiger partial charge is 0.370 e. The molecule has 5 aromatic heterocycles. The molecule has 0 aliphatic carbocycles. The SMILES string of the molecule is c1cc(N2CCCCC2)c2[nH]c(-c3n[nH]c4ccc(-c5cncc(CN6CCCC6)c5)nc34)nc2n1. The number of nitrogens with zero attached hydrogens (tertiary/aromatic N) is 7. The van der Waals surface area contributed by atoms with Crippen LogP contribution in [-0.2, 0) is 6.54 Å². The van der Waals surface area contributed by atoms with Gasteiger partial charge in [-0.1, -0.05) is 0 Å². The van der Waals surface area contributed by atoms with Crippen molar-refractivity contribution in [2.75, 3.05) is 31.1 Å². The highest BCUT2D eigenvalue weighted by Gasteiger charge is 2.20. The molecule has 0 radical (unpaired) electrons. The molecule has 182 valence electrons. The molecule has 9 nitrogen and oxygen atoms in total. The van der Waals surface area contributed by atoms with Gasteiger partial charge in [-0.2, -0.15) is 5.10 Å². The van der Waals surface area contributed by atoms with E-state index in [9.17, 15) is 0 Å². The van der Waals surface area contributed by atoms with E-state index in [0.717, 1.165) is 53.1 Å². The maximum atomic E-state index is 5.00. The number of hydrogen-bond donors (Lipinski definition) is 2. The fourth-order valence-electron chi connectivity index (χ4n) is 5.55. The first-order chi connectivity index (χ1) is 17.8. The van der Waals surface area contributed by atoms with Crippen LogP contribution in [0.5, 0.6) is 0 Å². The molecule has 7 rings (SSSR count). The lowest BCUT2D eigenvalue weighted by atomic mass is 10.1. The van der Waals surface area contributed by atoms with Crippen LogP contribution < -0.4 is 4.90 Å². The Kier molecular flexibility index (Phi) is 5.35. The van der Waals surface area contributed by atoms with Crippen molar-refractivity contribution in [2.24, 2.45) is 0 Å². The number of pyridine rings is 3. The Labute approximate surface area is 209 Å². The Balaban J connectivity index is 1.25. The van der Waals surface area contributed by atoms with Crippen molar-refractivity contribution in [3.63, 3.8) is 0 Å². The molecule has 2 N–H and O–H groups in total. The predicted molar refractivity (Wildman–Crippen MR) is 141 cm³/mol. The van der Waals surface area contributed by atoms with Gasteiger partial charge in [-0.25, -0.2) is 15.0 Å². The average Bonchev–Trinajstić information content (AvgIpc) is 3.68. The van der Waals surface area contributed by atoms with Crippen molar-refractivity contribution >= 4 is 27.9 Å². The van der Waals surface area contributed by atoms with Gasteiger partial charge in [0.15, 0.2) is 17.2 Å². The van der Waals surface area contributed by atoms with E-state index in [2.05, 4.69) is 47.1 Å². The van der Waals surface area contributed by atoms with Gasteiger partial charge in [-0.15, -0.1) is 0 Å². The molecule has 0 aromatic carbocycles. The lowest BCUT2D eigenvalue weighted by Crippen LogP contribution is -2.29. The quantitative estimate of drug-likeness (QED) is 0.381. The lowest BCUT2D eigenvalue weighted by Gasteiger charge is -2.28. The molecular weight excluding hydrogens is 450 g/mol. The summed E-state index contributed by atoms with van der Waals surface area (Å²) in [6.45, 7) is 5.39. The number of H-pyrrole nitrogens is 2. The number of anilines is 1. The maximum Gasteiger partial charge on any atom is 0.180 e. The number of aromatic amines is 2. The Morgan fingerprint density at radius 2 is 1.75 bits per heavy atom. The van der Waals surface area contributed by atoms with Gasteiger partial charge in [0.1, 0.15) is 11.0 Å². The molecule has 0 bridgehead atoms. The second-order valence-corrected chi connectivity index (χ2v) is 9.89. The van der Waals surface area contributed by atoms with E-state index >= 15 is 0 Å². The van der Waals surface area contributed by atoms with Gasteiger partial charge in [0.2, 0.25) is 0 Å². The maximum absolute atomic E-state index is 5.00. The zero-order chi connectivity index (χ0) is 23.9. The van der Waals surface area contributed by atoms with Crippen LogP contribution in [0.15, 0.2) is 42.9 Å². The highest BCUT2D eigenvalue weighted by Crippen LogP contribution is 2.31. The summed E-state index contributed by atoms with van der Waals surface area (Å²) in [6, 6.07) is 8.34. The standard InChI is InChI=1S/C27H29N9/c1-2-12-36(13-3-1)22-8-9-29-26-24(22)31-27(32-26)25-23-21(33-34-25)7-6-20(30-23)19-14-18(15-28-16-19)17-35-10-4-5-11-35/h6-9,14-16H,1-5,10-13,17H2,(H,33,34)(H,29,31,32). The second-order valence-electron chi connectivity index (χ2n) is 9.89. The first-order valence-corrected chi connectivity index (χ1v) is 12.9. The molecule has 7 heterocycles. The van der Waals surface area contributed by atoms with Crippen molar-refractivity contribution in [3.05, 3.63) is 48.4 Å². The number of likely N-dealkylation sites (tertiary alicyclic amines) is 1. The normalized spacial score (nSPS) is 16.9. The topological polar surface area (TPSA) is 103 Å². The minimum atomic E-state index is 0.679. The summed E-state index contributed by atoms with van der Waals surface area (Å²) in [7, 11) is 0. The zero-order valence-electron chi connectivity index (χ0n) is 20.2. The van der Waals surface area contributed by atoms with Gasteiger partial charge in [0.05, 0.1) is 16.9 Å². The molecule has 9 heteroatoms. The van der Waals surface area contributed by atoms with Crippen LogP contribution in [0.3, 0.4) is 0 Å². The number of nitrogens with one attached hydrogen (secondary N) is 2. The Morgan fingerprint density at radius 1 is 0.889 bits per heavy atom. The molecule has 5 aromatic rings. The average molecular weight is 480 g/mol. The minimum absolute atomic E-state index is 0.679. The number of fused-ring (bicyclic) bond motifs is 2. The fraction of sp³-hybridized carbons (Fsp3) is 0.370. The van der Waals surface area contributed by atoms with Crippen LogP contribution in [0.2, 0.25) is 0 Å². The third-order valence-electron chi connectivity index (χ3n) is 7.39. The molecule has 2 aliphatic heterocycles. The summed E-state index contributed by atoms with van der Waals surface area (Å²) in [4.78, 5) is 27.3. The molecular formula is C27H29N9. The Hall–Kier alpha value is -3.85. The molecule has 0 atom stereocenters. The summed E-state index contributed by atoms with van der Waals surface area (Å²) in [5.41, 5.74) is 8.31. The third kappa shape index (κ3) is 3.89. The van der Waals surface area contributed by atoms with Gasteiger partial charge in [-0.05, 0) is 75.0 Å². The van der Waals surface area contributed by atoms with E-state index in [1.165, 1.54) is 50.8 Å². The van der Waals surface area contributed by atoms with Crippen molar-refractivity contribution < 1.29 is 0 Å². The fourth-order valence-corrected chi connectivity index (χ4v) is 5.55. The molecule has 0 spiro atoms. The summed E-state index contributed by atoms with van der Waals surface area (Å²) in [5.74, 6) is 0.679. The highest BCUT2D eigenvalue weighted by molar-refractivity contribution is 5.93. The molecule has 0 saturated carbocycles. The molecule has 2 fully saturated rings. The van der Waals surface area contributed by atoms with E-state index in [1.54, 1.807) is 0 Å². The van der Waals surface area contributed by atoms with Crippen molar-refractivity contribution in [3.8, 4) is 22.8 Å². The number of aromatic nitrogens is 7. The zero-order valence-corrected chi connectivity index (χ0v) is 20.2. The molecule has 0 amide bonds. The summed E-state index contributed by atoms with van der Waals surface area (Å²) < 4.78 is 0. The molecule has 2 saturated heterocycles. The van der Waals surface area contributed by atoms with E-state index < -0.39 is 0 Å². The van der Waals surface area contributed by atoms with Crippen LogP contribution in [-0.4, -0.2) is 66.2 Å². The smallest absolute Gasteiger partial charge is 0.180 e. The van der Waals surface area contributed by atoms with Gasteiger partial charge in [0, 0.05) is 43.8 Å².